The van der Waals surface area contributed by atoms with E-state index in [-0.39, 0.29) is 13.1 Å². The monoisotopic (exact) mass is 218 g/mol. The van der Waals surface area contributed by atoms with Gasteiger partial charge in [0, 0.05) is 13.1 Å². The molecule has 0 radical (unpaired) electrons. The van der Waals surface area contributed by atoms with Crippen molar-refractivity contribution in [2.24, 2.45) is 0 Å². The van der Waals surface area contributed by atoms with Gasteiger partial charge in [-0.1, -0.05) is 0 Å². The lowest BCUT2D eigenvalue weighted by Gasteiger charge is -2.27. The number of halogens is 3. The molecule has 1 aliphatic heterocycles. The molecule has 1 fully saturated rings. The molecule has 78 valence electrons. The van der Waals surface area contributed by atoms with E-state index in [0.717, 1.165) is 0 Å². The highest BCUT2D eigenvalue weighted by Crippen LogP contribution is 2.19. The lowest BCUT2D eigenvalue weighted by molar-refractivity contribution is -0.136. The Labute approximate surface area is 73.8 Å². The summed E-state index contributed by atoms with van der Waals surface area (Å²) in [6.07, 6.45) is -4.47. The van der Waals surface area contributed by atoms with E-state index >= 15 is 0 Å². The molecule has 1 rings (SSSR count). The molecule has 0 aromatic heterocycles. The first-order valence-corrected chi connectivity index (χ1v) is 5.17. The smallest absolute Gasteiger partial charge is 0.301 e. The van der Waals surface area contributed by atoms with Crippen LogP contribution in [0.25, 0.3) is 0 Å². The van der Waals surface area contributed by atoms with Gasteiger partial charge in [0.2, 0.25) is 10.0 Å². The standard InChI is InChI=1S/C5H9F3N2O2S/c6-5(7,8)3-10-2-1-9-4-13(10,11)12/h9H,1-4H2. The number of rotatable bonds is 1. The van der Waals surface area contributed by atoms with Gasteiger partial charge in [0.1, 0.15) is 12.4 Å². The average Bonchev–Trinajstić information content (AvgIpc) is 1.91. The highest BCUT2D eigenvalue weighted by Gasteiger charge is 2.37. The summed E-state index contributed by atoms with van der Waals surface area (Å²) < 4.78 is 58.1. The van der Waals surface area contributed by atoms with Crippen molar-refractivity contribution in [1.82, 2.24) is 9.62 Å². The van der Waals surface area contributed by atoms with Gasteiger partial charge in [-0.15, -0.1) is 0 Å². The van der Waals surface area contributed by atoms with E-state index in [1.165, 1.54) is 0 Å². The van der Waals surface area contributed by atoms with E-state index in [9.17, 15) is 21.6 Å². The lowest BCUT2D eigenvalue weighted by atomic mass is 10.5. The molecule has 0 atom stereocenters. The van der Waals surface area contributed by atoms with Crippen LogP contribution < -0.4 is 5.32 Å². The van der Waals surface area contributed by atoms with E-state index in [4.69, 9.17) is 0 Å². The Bertz CT molecular complexity index is 274. The number of alkyl halides is 3. The molecule has 0 bridgehead atoms. The fourth-order valence-corrected chi connectivity index (χ4v) is 2.31. The molecule has 0 amide bonds. The second-order valence-corrected chi connectivity index (χ2v) is 4.67. The fourth-order valence-electron chi connectivity index (χ4n) is 1.01. The highest BCUT2D eigenvalue weighted by molar-refractivity contribution is 7.89. The van der Waals surface area contributed by atoms with Crippen LogP contribution in [0, 0.1) is 0 Å². The molecule has 1 aliphatic rings. The number of nitrogens with one attached hydrogen (secondary N) is 1. The van der Waals surface area contributed by atoms with E-state index in [1.54, 1.807) is 0 Å². The minimum Gasteiger partial charge on any atom is -0.301 e. The third kappa shape index (κ3) is 3.12. The van der Waals surface area contributed by atoms with Crippen molar-refractivity contribution in [3.05, 3.63) is 0 Å². The van der Waals surface area contributed by atoms with Crippen LogP contribution in [0.4, 0.5) is 13.2 Å². The molecule has 0 spiro atoms. The van der Waals surface area contributed by atoms with Gasteiger partial charge < -0.3 is 5.32 Å². The van der Waals surface area contributed by atoms with Gasteiger partial charge in [0.15, 0.2) is 0 Å². The third-order valence-corrected chi connectivity index (χ3v) is 3.24. The zero-order chi connectivity index (χ0) is 10.1. The number of sulfonamides is 1. The van der Waals surface area contributed by atoms with Gasteiger partial charge in [0.25, 0.3) is 0 Å². The summed E-state index contributed by atoms with van der Waals surface area (Å²) in [7, 11) is -3.75. The molecule has 0 aromatic rings. The maximum absolute atomic E-state index is 11.9. The number of hydrogen-bond donors (Lipinski definition) is 1. The Morgan fingerprint density at radius 3 is 2.46 bits per heavy atom. The summed E-state index contributed by atoms with van der Waals surface area (Å²) in [5.74, 6) is -0.414. The first-order chi connectivity index (χ1) is 5.81. The molecule has 0 aromatic carbocycles. The quantitative estimate of drug-likeness (QED) is 0.659. The average molecular weight is 218 g/mol. The third-order valence-electron chi connectivity index (χ3n) is 1.57. The van der Waals surface area contributed by atoms with Gasteiger partial charge in [-0.05, 0) is 0 Å². The summed E-state index contributed by atoms with van der Waals surface area (Å²) in [5.41, 5.74) is 0. The first kappa shape index (κ1) is 10.7. The van der Waals surface area contributed by atoms with Gasteiger partial charge in [0.05, 0.1) is 0 Å². The molecule has 13 heavy (non-hydrogen) atoms. The Balaban J connectivity index is 2.68. The van der Waals surface area contributed by atoms with E-state index < -0.39 is 28.6 Å². The van der Waals surface area contributed by atoms with Crippen LogP contribution in [0.15, 0.2) is 0 Å². The molecule has 1 heterocycles. The highest BCUT2D eigenvalue weighted by atomic mass is 32.2. The SMILES string of the molecule is O=S1(=O)CNCCN1CC(F)(F)F. The molecule has 0 saturated carbocycles. The fraction of sp³-hybridized carbons (Fsp3) is 1.00. The van der Waals surface area contributed by atoms with Gasteiger partial charge >= 0.3 is 6.18 Å². The predicted octanol–water partition coefficient (Wildman–Crippen LogP) is -0.259. The van der Waals surface area contributed by atoms with E-state index in [1.807, 2.05) is 0 Å². The Morgan fingerprint density at radius 2 is 2.00 bits per heavy atom. The van der Waals surface area contributed by atoms with Crippen molar-refractivity contribution < 1.29 is 21.6 Å². The van der Waals surface area contributed by atoms with Crippen molar-refractivity contribution in [1.29, 1.82) is 0 Å². The Kier molecular flexibility index (Phi) is 2.83. The zero-order valence-corrected chi connectivity index (χ0v) is 7.45. The molecular weight excluding hydrogens is 209 g/mol. The molecule has 1 saturated heterocycles. The second kappa shape index (κ2) is 3.43. The lowest BCUT2D eigenvalue weighted by Crippen LogP contribution is -2.50. The summed E-state index contributed by atoms with van der Waals surface area (Å²) in [6, 6.07) is 0. The Hall–Kier alpha value is -0.340. The van der Waals surface area contributed by atoms with Crippen molar-refractivity contribution in [3.8, 4) is 0 Å². The molecule has 0 unspecified atom stereocenters. The normalized spacial score (nSPS) is 24.5. The summed E-state index contributed by atoms with van der Waals surface area (Å²) in [4.78, 5) is 0. The maximum atomic E-state index is 11.9. The van der Waals surface area contributed by atoms with Crippen LogP contribution in [-0.2, 0) is 10.0 Å². The minimum absolute atomic E-state index is 0.123. The van der Waals surface area contributed by atoms with Crippen molar-refractivity contribution in [3.63, 3.8) is 0 Å². The first-order valence-electron chi connectivity index (χ1n) is 3.56. The summed E-state index contributed by atoms with van der Waals surface area (Å²) >= 11 is 0. The van der Waals surface area contributed by atoms with E-state index in [2.05, 4.69) is 5.32 Å². The Morgan fingerprint density at radius 1 is 1.38 bits per heavy atom. The molecule has 4 nitrogen and oxygen atoms in total. The van der Waals surface area contributed by atoms with E-state index in [0.29, 0.717) is 4.31 Å². The van der Waals surface area contributed by atoms with Crippen LogP contribution >= 0.6 is 0 Å². The van der Waals surface area contributed by atoms with Crippen LogP contribution in [0.3, 0.4) is 0 Å². The zero-order valence-electron chi connectivity index (χ0n) is 6.63. The second-order valence-electron chi connectivity index (χ2n) is 2.70. The van der Waals surface area contributed by atoms with Gasteiger partial charge in [-0.25, -0.2) is 8.42 Å². The molecule has 1 N–H and O–H groups in total. The number of hydrogen-bond acceptors (Lipinski definition) is 3. The van der Waals surface area contributed by atoms with Crippen molar-refractivity contribution in [2.75, 3.05) is 25.5 Å². The van der Waals surface area contributed by atoms with Crippen LogP contribution in [0.5, 0.6) is 0 Å². The van der Waals surface area contributed by atoms with Crippen molar-refractivity contribution >= 4 is 10.0 Å². The van der Waals surface area contributed by atoms with Crippen molar-refractivity contribution in [2.45, 2.75) is 6.18 Å². The molecule has 0 aliphatic carbocycles. The van der Waals surface area contributed by atoms with Crippen LogP contribution in [0.1, 0.15) is 0 Å². The topological polar surface area (TPSA) is 49.4 Å². The van der Waals surface area contributed by atoms with Crippen LogP contribution in [-0.4, -0.2) is 44.4 Å². The minimum atomic E-state index is -4.47. The largest absolute Gasteiger partial charge is 0.402 e. The summed E-state index contributed by atoms with van der Waals surface area (Å²) in [5, 5.41) is 2.49. The molecule has 8 heteroatoms. The maximum Gasteiger partial charge on any atom is 0.402 e. The van der Waals surface area contributed by atoms with Gasteiger partial charge in [-0.3, -0.25) is 0 Å². The number of nitrogens with zero attached hydrogens (tertiary/aromatic N) is 1. The van der Waals surface area contributed by atoms with Gasteiger partial charge in [-0.2, -0.15) is 17.5 Å². The molecular formula is C5H9F3N2O2S. The van der Waals surface area contributed by atoms with Crippen LogP contribution in [0.2, 0.25) is 0 Å². The summed E-state index contributed by atoms with van der Waals surface area (Å²) in [6.45, 7) is -1.26. The predicted molar refractivity (Wildman–Crippen MR) is 39.4 cm³/mol.